The van der Waals surface area contributed by atoms with Gasteiger partial charge >= 0.3 is 11.7 Å². The Morgan fingerprint density at radius 2 is 2.00 bits per heavy atom. The number of imidazole rings is 1. The Hall–Kier alpha value is -2.82. The molecule has 0 fully saturated rings. The molecule has 1 aromatic heterocycles. The van der Waals surface area contributed by atoms with E-state index in [1.807, 2.05) is 43.3 Å². The summed E-state index contributed by atoms with van der Waals surface area (Å²) in [7, 11) is 0. The molecule has 1 heterocycles. The van der Waals surface area contributed by atoms with E-state index in [9.17, 15) is 9.59 Å². The molecule has 5 nitrogen and oxygen atoms in total. The number of H-pyrrole nitrogens is 1. The summed E-state index contributed by atoms with van der Waals surface area (Å²) in [6, 6.07) is 15.7. The highest BCUT2D eigenvalue weighted by atomic mass is 16.5. The normalized spacial score (nSPS) is 12.2. The van der Waals surface area contributed by atoms with Gasteiger partial charge < -0.3 is 9.72 Å². The van der Waals surface area contributed by atoms with Crippen LogP contribution < -0.4 is 5.69 Å². The highest BCUT2D eigenvalue weighted by Gasteiger charge is 2.21. The van der Waals surface area contributed by atoms with E-state index in [-0.39, 0.29) is 25.5 Å². The third-order valence-corrected chi connectivity index (χ3v) is 4.55. The van der Waals surface area contributed by atoms with Crippen LogP contribution in [0.15, 0.2) is 53.3 Å². The second-order valence-corrected chi connectivity index (χ2v) is 6.51. The Morgan fingerprint density at radius 3 is 2.73 bits per heavy atom. The van der Waals surface area contributed by atoms with E-state index < -0.39 is 0 Å². The van der Waals surface area contributed by atoms with E-state index >= 15 is 0 Å². The van der Waals surface area contributed by atoms with Gasteiger partial charge in [0.2, 0.25) is 0 Å². The zero-order valence-electron chi connectivity index (χ0n) is 15.2. The van der Waals surface area contributed by atoms with Crippen LogP contribution in [0.3, 0.4) is 0 Å². The number of nitrogens with one attached hydrogen (secondary N) is 1. The lowest BCUT2D eigenvalue weighted by Gasteiger charge is -2.18. The second-order valence-electron chi connectivity index (χ2n) is 6.51. The fourth-order valence-electron chi connectivity index (χ4n) is 3.31. The molecule has 0 aliphatic heterocycles. The molecule has 0 amide bonds. The maximum absolute atomic E-state index is 12.6. The molecule has 0 unspecified atom stereocenters. The summed E-state index contributed by atoms with van der Waals surface area (Å²) >= 11 is 0. The molecule has 0 radical (unpaired) electrons. The Labute approximate surface area is 154 Å². The van der Waals surface area contributed by atoms with Crippen molar-refractivity contribution in [1.29, 1.82) is 0 Å². The smallest absolute Gasteiger partial charge is 0.326 e. The van der Waals surface area contributed by atoms with E-state index in [1.54, 1.807) is 11.5 Å². The number of hydrogen-bond donors (Lipinski definition) is 1. The number of nitrogens with zero attached hydrogens (tertiary/aromatic N) is 1. The Bertz CT molecular complexity index is 947. The monoisotopic (exact) mass is 354 g/mol. The van der Waals surface area contributed by atoms with Crippen LogP contribution in [0.2, 0.25) is 0 Å². The molecule has 0 bridgehead atoms. The Morgan fingerprint density at radius 1 is 1.23 bits per heavy atom. The quantitative estimate of drug-likeness (QED) is 0.652. The number of aryl methyl sites for hydroxylation is 2. The maximum atomic E-state index is 12.6. The van der Waals surface area contributed by atoms with Crippen LogP contribution in [0, 0.1) is 6.92 Å². The van der Waals surface area contributed by atoms with Gasteiger partial charge in [-0.3, -0.25) is 9.36 Å². The predicted molar refractivity (Wildman–Crippen MR) is 104 cm³/mol. The molecule has 1 N–H and O–H groups in total. The van der Waals surface area contributed by atoms with E-state index in [0.717, 1.165) is 23.0 Å². The molecule has 138 valence electrons. The number of aromatic nitrogens is 2. The summed E-state index contributed by atoms with van der Waals surface area (Å²) in [6.07, 6.45) is 1.65. The van der Waals surface area contributed by atoms with E-state index in [2.05, 4.69) is 17.1 Å². The molecule has 0 saturated heterocycles. The fourth-order valence-corrected chi connectivity index (χ4v) is 3.31. The maximum Gasteiger partial charge on any atom is 0.326 e. The van der Waals surface area contributed by atoms with Gasteiger partial charge in [0.05, 0.1) is 24.1 Å². The van der Waals surface area contributed by atoms with Crippen LogP contribution in [0.5, 0.6) is 0 Å². The summed E-state index contributed by atoms with van der Waals surface area (Å²) in [5.74, 6) is -0.278. The second kappa shape index (κ2) is 8.04. The largest absolute Gasteiger partial charge is 0.466 e. The van der Waals surface area contributed by atoms with Gasteiger partial charge in [0.15, 0.2) is 0 Å². The standard InChI is InChI=1S/C21H24N2O3.H2/c1-3-26-20(24)14-17(11-10-16-7-5-4-6-8-16)23-19-13-15(2)9-12-18(19)22-21(23)25;/h4-9,12-13,17H,3,10-11,14H2,1-2H3,(H,22,25);1H/t17-;/m0./s1. The van der Waals surface area contributed by atoms with E-state index in [0.29, 0.717) is 13.0 Å². The van der Waals surface area contributed by atoms with Gasteiger partial charge in [0.1, 0.15) is 0 Å². The summed E-state index contributed by atoms with van der Waals surface area (Å²) in [4.78, 5) is 27.6. The summed E-state index contributed by atoms with van der Waals surface area (Å²) < 4.78 is 6.84. The average molecular weight is 354 g/mol. The van der Waals surface area contributed by atoms with Gasteiger partial charge in [0, 0.05) is 7.47 Å². The van der Waals surface area contributed by atoms with Crippen molar-refractivity contribution < 1.29 is 11.0 Å². The van der Waals surface area contributed by atoms with Gasteiger partial charge in [-0.2, -0.15) is 0 Å². The first-order chi connectivity index (χ1) is 12.6. The number of hydrogen-bond acceptors (Lipinski definition) is 3. The van der Waals surface area contributed by atoms with E-state index in [4.69, 9.17) is 4.74 Å². The van der Waals surface area contributed by atoms with Gasteiger partial charge in [0.25, 0.3) is 0 Å². The molecule has 0 aliphatic rings. The predicted octanol–water partition coefficient (Wildman–Crippen LogP) is 4.01. The first-order valence-corrected chi connectivity index (χ1v) is 8.99. The summed E-state index contributed by atoms with van der Waals surface area (Å²) in [5, 5.41) is 0. The number of ether oxygens (including phenoxy) is 1. The molecule has 3 aromatic rings. The van der Waals surface area contributed by atoms with Gasteiger partial charge in [-0.25, -0.2) is 4.79 Å². The molecule has 1 atom stereocenters. The van der Waals surface area contributed by atoms with Crippen molar-refractivity contribution in [3.8, 4) is 0 Å². The number of aromatic amines is 1. The molecule has 0 spiro atoms. The zero-order chi connectivity index (χ0) is 18.5. The van der Waals surface area contributed by atoms with Gasteiger partial charge in [-0.15, -0.1) is 0 Å². The number of esters is 1. The summed E-state index contributed by atoms with van der Waals surface area (Å²) in [6.45, 7) is 4.12. The minimum Gasteiger partial charge on any atom is -0.466 e. The molecule has 0 aliphatic carbocycles. The molecule has 3 rings (SSSR count). The lowest BCUT2D eigenvalue weighted by atomic mass is 10.0. The fraction of sp³-hybridized carbons (Fsp3) is 0.333. The zero-order valence-corrected chi connectivity index (χ0v) is 15.2. The third kappa shape index (κ3) is 4.04. The molecule has 5 heteroatoms. The number of carbonyl (C=O) groups is 1. The highest BCUT2D eigenvalue weighted by Crippen LogP contribution is 2.24. The highest BCUT2D eigenvalue weighted by molar-refractivity contribution is 5.77. The number of rotatable bonds is 7. The van der Waals surface area contributed by atoms with Gasteiger partial charge in [-0.1, -0.05) is 36.4 Å². The topological polar surface area (TPSA) is 64.1 Å². The number of fused-ring (bicyclic) bond motifs is 1. The Balaban J connectivity index is 0.00000261. The van der Waals surface area contributed by atoms with Crippen molar-refractivity contribution in [1.82, 2.24) is 9.55 Å². The van der Waals surface area contributed by atoms with Crippen LogP contribution in [-0.2, 0) is 16.0 Å². The molecule has 0 saturated carbocycles. The minimum atomic E-state index is -0.278. The van der Waals surface area contributed by atoms with E-state index in [1.165, 1.54) is 5.56 Å². The van der Waals surface area contributed by atoms with Crippen LogP contribution in [-0.4, -0.2) is 22.1 Å². The first-order valence-electron chi connectivity index (χ1n) is 8.99. The Kier molecular flexibility index (Phi) is 5.56. The molecular weight excluding hydrogens is 328 g/mol. The number of carbonyl (C=O) groups excluding carboxylic acids is 1. The van der Waals surface area contributed by atoms with Crippen LogP contribution in [0.4, 0.5) is 0 Å². The first kappa shape index (κ1) is 18.0. The van der Waals surface area contributed by atoms with Crippen molar-refractivity contribution >= 4 is 17.0 Å². The van der Waals surface area contributed by atoms with Crippen LogP contribution in [0.25, 0.3) is 11.0 Å². The van der Waals surface area contributed by atoms with Crippen molar-refractivity contribution in [3.63, 3.8) is 0 Å². The number of benzene rings is 2. The van der Waals surface area contributed by atoms with Crippen molar-refractivity contribution in [2.75, 3.05) is 6.61 Å². The van der Waals surface area contributed by atoms with Crippen molar-refractivity contribution in [3.05, 3.63) is 70.1 Å². The van der Waals surface area contributed by atoms with Crippen LogP contribution in [0.1, 0.15) is 38.4 Å². The summed E-state index contributed by atoms with van der Waals surface area (Å²) in [5.41, 5.74) is 3.69. The average Bonchev–Trinajstić information content (AvgIpc) is 2.95. The SMILES string of the molecule is CCOC(=O)C[C@H](CCc1ccccc1)n1c(=O)[nH]c2ccc(C)cc21.[HH]. The molecule has 2 aromatic carbocycles. The van der Waals surface area contributed by atoms with Crippen molar-refractivity contribution in [2.24, 2.45) is 0 Å². The van der Waals surface area contributed by atoms with Gasteiger partial charge in [-0.05, 0) is 49.9 Å². The molecule has 26 heavy (non-hydrogen) atoms. The minimum absolute atomic E-state index is 0. The lowest BCUT2D eigenvalue weighted by Crippen LogP contribution is -2.25. The third-order valence-electron chi connectivity index (χ3n) is 4.55. The van der Waals surface area contributed by atoms with Crippen LogP contribution >= 0.6 is 0 Å². The lowest BCUT2D eigenvalue weighted by molar-refractivity contribution is -0.144. The van der Waals surface area contributed by atoms with Crippen molar-refractivity contribution in [2.45, 2.75) is 39.2 Å². The molecular formula is C21H26N2O3.